The lowest BCUT2D eigenvalue weighted by Crippen LogP contribution is -2.13. The first-order valence-electron chi connectivity index (χ1n) is 9.16. The van der Waals surface area contributed by atoms with Crippen LogP contribution in [0.5, 0.6) is 0 Å². The first kappa shape index (κ1) is 19.6. The lowest BCUT2D eigenvalue weighted by molar-refractivity contribution is 0.102. The molecule has 0 fully saturated rings. The number of fused-ring (bicyclic) bond motifs is 1. The largest absolute Gasteiger partial charge is 0.383 e. The van der Waals surface area contributed by atoms with Crippen LogP contribution in [-0.4, -0.2) is 16.0 Å². The van der Waals surface area contributed by atoms with Crippen molar-refractivity contribution in [2.75, 3.05) is 5.32 Å². The number of anilines is 1. The van der Waals surface area contributed by atoms with Gasteiger partial charge in [-0.3, -0.25) is 4.79 Å². The van der Waals surface area contributed by atoms with Crippen molar-refractivity contribution in [1.29, 1.82) is 0 Å². The van der Waals surface area contributed by atoms with Crippen molar-refractivity contribution in [1.82, 2.24) is 4.98 Å². The second-order valence-corrected chi connectivity index (χ2v) is 8.20. The molecule has 2 aromatic heterocycles. The van der Waals surface area contributed by atoms with Gasteiger partial charge in [0.15, 0.2) is 0 Å². The van der Waals surface area contributed by atoms with E-state index in [1.807, 2.05) is 62.4 Å². The molecule has 0 spiro atoms. The molecule has 4 aromatic rings. The van der Waals surface area contributed by atoms with E-state index in [0.717, 1.165) is 27.0 Å². The number of hydrogen-bond donors (Lipinski definition) is 2. The number of aromatic nitrogens is 1. The third kappa shape index (κ3) is 3.65. The van der Waals surface area contributed by atoms with Gasteiger partial charge in [0.25, 0.3) is 5.91 Å². The monoisotopic (exact) mass is 422 g/mol. The summed E-state index contributed by atoms with van der Waals surface area (Å²) in [7, 11) is 0. The standard InChI is InChI=1S/C23H19ClN2O2S/c1-13-17-19(26-22(28)16-11-7-4-8-12-16)21(20(27)15-9-5-3-6-10-15)29-23(17)25-14(2)18(13)24/h3-12,20,27H,1-2H3,(H,26,28)/t20-/m0/s1. The lowest BCUT2D eigenvalue weighted by Gasteiger charge is -2.14. The average molecular weight is 423 g/mol. The number of hydrogen-bond acceptors (Lipinski definition) is 4. The fourth-order valence-electron chi connectivity index (χ4n) is 3.32. The van der Waals surface area contributed by atoms with Gasteiger partial charge in [0.1, 0.15) is 10.9 Å². The number of halogens is 1. The molecule has 146 valence electrons. The van der Waals surface area contributed by atoms with Crippen LogP contribution in [0.2, 0.25) is 5.02 Å². The van der Waals surface area contributed by atoms with Crippen molar-refractivity contribution >= 4 is 44.7 Å². The number of pyridine rings is 1. The number of carbonyl (C=O) groups is 1. The van der Waals surface area contributed by atoms with Gasteiger partial charge in [-0.1, -0.05) is 60.1 Å². The molecule has 29 heavy (non-hydrogen) atoms. The zero-order valence-electron chi connectivity index (χ0n) is 15.9. The molecule has 0 bridgehead atoms. The van der Waals surface area contributed by atoms with Crippen molar-refractivity contribution in [2.45, 2.75) is 20.0 Å². The van der Waals surface area contributed by atoms with E-state index in [9.17, 15) is 9.90 Å². The summed E-state index contributed by atoms with van der Waals surface area (Å²) in [5.41, 5.74) is 3.40. The SMILES string of the molecule is Cc1nc2sc([C@@H](O)c3ccccc3)c(NC(=O)c3ccccc3)c2c(C)c1Cl. The highest BCUT2D eigenvalue weighted by Gasteiger charge is 2.25. The van der Waals surface area contributed by atoms with E-state index in [-0.39, 0.29) is 5.91 Å². The van der Waals surface area contributed by atoms with E-state index in [1.165, 1.54) is 11.3 Å². The van der Waals surface area contributed by atoms with Crippen LogP contribution in [0.4, 0.5) is 5.69 Å². The summed E-state index contributed by atoms with van der Waals surface area (Å²) in [6.07, 6.45) is -0.889. The van der Waals surface area contributed by atoms with Crippen LogP contribution in [0.15, 0.2) is 60.7 Å². The Balaban J connectivity index is 1.89. The molecule has 0 aliphatic heterocycles. The molecule has 2 N–H and O–H groups in total. The molecule has 0 aliphatic rings. The maximum absolute atomic E-state index is 12.9. The Morgan fingerprint density at radius 2 is 1.69 bits per heavy atom. The van der Waals surface area contributed by atoms with Crippen LogP contribution in [0.25, 0.3) is 10.2 Å². The van der Waals surface area contributed by atoms with Gasteiger partial charge >= 0.3 is 0 Å². The number of nitrogens with one attached hydrogen (secondary N) is 1. The number of aliphatic hydroxyl groups is 1. The third-order valence-corrected chi connectivity index (χ3v) is 6.54. The Morgan fingerprint density at radius 3 is 2.34 bits per heavy atom. The predicted octanol–water partition coefficient (Wildman–Crippen LogP) is 5.90. The van der Waals surface area contributed by atoms with Crippen molar-refractivity contribution in [2.24, 2.45) is 0 Å². The van der Waals surface area contributed by atoms with Gasteiger partial charge in [-0.25, -0.2) is 4.98 Å². The molecule has 0 saturated heterocycles. The van der Waals surface area contributed by atoms with E-state index in [0.29, 0.717) is 21.2 Å². The number of carbonyl (C=O) groups excluding carboxylic acids is 1. The molecule has 4 nitrogen and oxygen atoms in total. The summed E-state index contributed by atoms with van der Waals surface area (Å²) in [6, 6.07) is 18.3. The van der Waals surface area contributed by atoms with Gasteiger partial charge in [0.2, 0.25) is 0 Å². The highest BCUT2D eigenvalue weighted by Crippen LogP contribution is 2.44. The molecule has 0 radical (unpaired) electrons. The fraction of sp³-hybridized carbons (Fsp3) is 0.130. The minimum Gasteiger partial charge on any atom is -0.383 e. The van der Waals surface area contributed by atoms with Crippen LogP contribution in [0.3, 0.4) is 0 Å². The van der Waals surface area contributed by atoms with Crippen molar-refractivity contribution in [3.8, 4) is 0 Å². The molecule has 1 atom stereocenters. The van der Waals surface area contributed by atoms with Crippen LogP contribution < -0.4 is 5.32 Å². The highest BCUT2D eigenvalue weighted by atomic mass is 35.5. The Hall–Kier alpha value is -2.73. The summed E-state index contributed by atoms with van der Waals surface area (Å²) in [4.78, 5) is 18.9. The molecule has 0 aliphatic carbocycles. The van der Waals surface area contributed by atoms with Gasteiger partial charge in [0, 0.05) is 10.9 Å². The van der Waals surface area contributed by atoms with E-state index in [4.69, 9.17) is 11.6 Å². The lowest BCUT2D eigenvalue weighted by atomic mass is 10.0. The van der Waals surface area contributed by atoms with E-state index in [2.05, 4.69) is 10.3 Å². The van der Waals surface area contributed by atoms with Gasteiger partial charge in [-0.15, -0.1) is 11.3 Å². The summed E-state index contributed by atoms with van der Waals surface area (Å²) >= 11 is 7.82. The normalized spacial score (nSPS) is 12.1. The van der Waals surface area contributed by atoms with E-state index < -0.39 is 6.10 Å². The number of aryl methyl sites for hydroxylation is 2. The quantitative estimate of drug-likeness (QED) is 0.430. The van der Waals surface area contributed by atoms with Crippen LogP contribution in [-0.2, 0) is 0 Å². The molecule has 2 heterocycles. The number of benzene rings is 2. The molecule has 6 heteroatoms. The maximum atomic E-state index is 12.9. The minimum absolute atomic E-state index is 0.247. The topological polar surface area (TPSA) is 62.2 Å². The molecule has 4 rings (SSSR count). The maximum Gasteiger partial charge on any atom is 0.255 e. The molecule has 1 amide bonds. The molecule has 0 saturated carbocycles. The molecular weight excluding hydrogens is 404 g/mol. The number of thiophene rings is 1. The summed E-state index contributed by atoms with van der Waals surface area (Å²) < 4.78 is 0. The molecule has 0 unspecified atom stereocenters. The Bertz CT molecular complexity index is 1190. The first-order valence-corrected chi connectivity index (χ1v) is 10.3. The van der Waals surface area contributed by atoms with Gasteiger partial charge in [-0.05, 0) is 37.1 Å². The van der Waals surface area contributed by atoms with Crippen LogP contribution in [0.1, 0.15) is 38.2 Å². The Kier molecular flexibility index (Phi) is 5.37. The number of aliphatic hydroxyl groups excluding tert-OH is 1. The van der Waals surface area contributed by atoms with Crippen molar-refractivity contribution in [3.05, 3.63) is 92.9 Å². The predicted molar refractivity (Wildman–Crippen MR) is 119 cm³/mol. The zero-order chi connectivity index (χ0) is 20.5. The Labute approximate surface area is 177 Å². The van der Waals surface area contributed by atoms with Gasteiger partial charge in [0.05, 0.1) is 21.3 Å². The summed E-state index contributed by atoms with van der Waals surface area (Å²) in [5.74, 6) is -0.247. The molecule has 2 aromatic carbocycles. The second-order valence-electron chi connectivity index (χ2n) is 6.79. The van der Waals surface area contributed by atoms with Crippen LogP contribution >= 0.6 is 22.9 Å². The summed E-state index contributed by atoms with van der Waals surface area (Å²) in [5, 5.41) is 15.4. The highest BCUT2D eigenvalue weighted by molar-refractivity contribution is 7.19. The third-order valence-electron chi connectivity index (χ3n) is 4.85. The fourth-order valence-corrected chi connectivity index (χ4v) is 4.71. The Morgan fingerprint density at radius 1 is 1.07 bits per heavy atom. The minimum atomic E-state index is -0.889. The average Bonchev–Trinajstić information content (AvgIpc) is 3.10. The van der Waals surface area contributed by atoms with Crippen molar-refractivity contribution < 1.29 is 9.90 Å². The van der Waals surface area contributed by atoms with Gasteiger partial charge in [-0.2, -0.15) is 0 Å². The van der Waals surface area contributed by atoms with Crippen LogP contribution in [0, 0.1) is 13.8 Å². The number of rotatable bonds is 4. The molecular formula is C23H19ClN2O2S. The first-order chi connectivity index (χ1) is 14.0. The zero-order valence-corrected chi connectivity index (χ0v) is 17.5. The van der Waals surface area contributed by atoms with Gasteiger partial charge < -0.3 is 10.4 Å². The van der Waals surface area contributed by atoms with Crippen molar-refractivity contribution in [3.63, 3.8) is 0 Å². The number of nitrogens with zero attached hydrogens (tertiary/aromatic N) is 1. The second kappa shape index (κ2) is 7.95. The smallest absolute Gasteiger partial charge is 0.255 e. The summed E-state index contributed by atoms with van der Waals surface area (Å²) in [6.45, 7) is 3.76. The van der Waals surface area contributed by atoms with E-state index in [1.54, 1.807) is 12.1 Å². The number of amides is 1. The van der Waals surface area contributed by atoms with E-state index >= 15 is 0 Å².